The fourth-order valence-electron chi connectivity index (χ4n) is 3.39. The van der Waals surface area contributed by atoms with Crippen molar-refractivity contribution in [2.45, 2.75) is 39.2 Å². The lowest BCUT2D eigenvalue weighted by atomic mass is 9.99. The first-order valence-electron chi connectivity index (χ1n) is 9.74. The predicted molar refractivity (Wildman–Crippen MR) is 122 cm³/mol. The number of nitrogens with zero attached hydrogens (tertiary/aromatic N) is 1. The van der Waals surface area contributed by atoms with E-state index in [9.17, 15) is 9.59 Å². The Morgan fingerprint density at radius 1 is 1.10 bits per heavy atom. The minimum absolute atomic E-state index is 0.0477. The number of carbonyl (C=O) groups is 1. The van der Waals surface area contributed by atoms with Gasteiger partial charge in [0, 0.05) is 34.2 Å². The van der Waals surface area contributed by atoms with E-state index in [1.165, 1.54) is 3.57 Å². The molecule has 0 aliphatic heterocycles. The molecule has 0 saturated heterocycles. The molecule has 29 heavy (non-hydrogen) atoms. The van der Waals surface area contributed by atoms with Crippen molar-refractivity contribution in [3.63, 3.8) is 0 Å². The van der Waals surface area contributed by atoms with Gasteiger partial charge in [-0.3, -0.25) is 14.6 Å². The second-order valence-corrected chi connectivity index (χ2v) is 8.52. The molecule has 6 heteroatoms. The third-order valence-electron chi connectivity index (χ3n) is 4.72. The number of hydrogen-bond donors (Lipinski definition) is 1. The molecule has 1 aromatic heterocycles. The maximum atomic E-state index is 12.6. The molecular formula is C23H25IN2O3. The average molecular weight is 504 g/mol. The maximum absolute atomic E-state index is 12.6. The fourth-order valence-corrected chi connectivity index (χ4v) is 3.75. The maximum Gasteiger partial charge on any atom is 0.338 e. The van der Waals surface area contributed by atoms with Gasteiger partial charge in [-0.15, -0.1) is 0 Å². The number of aryl methyl sites for hydroxylation is 1. The highest BCUT2D eigenvalue weighted by Gasteiger charge is 2.18. The molecule has 0 bridgehead atoms. The normalized spacial score (nSPS) is 11.0. The second-order valence-electron chi connectivity index (χ2n) is 7.27. The molecule has 0 fully saturated rings. The fraction of sp³-hybridized carbons (Fsp3) is 0.304. The Hall–Kier alpha value is -2.35. The number of benzene rings is 2. The first-order chi connectivity index (χ1) is 14.0. The van der Waals surface area contributed by atoms with E-state index >= 15 is 0 Å². The number of aromatic amines is 1. The first kappa shape index (κ1) is 21.4. The molecular weight excluding hydrogens is 479 g/mol. The van der Waals surface area contributed by atoms with Crippen molar-refractivity contribution in [1.29, 1.82) is 0 Å². The summed E-state index contributed by atoms with van der Waals surface area (Å²) in [6.45, 7) is 5.08. The molecule has 0 aliphatic carbocycles. The smallest absolute Gasteiger partial charge is 0.338 e. The number of ether oxygens (including phenoxy) is 1. The van der Waals surface area contributed by atoms with Crippen LogP contribution in [0.5, 0.6) is 0 Å². The number of aromatic nitrogens is 2. The minimum atomic E-state index is -0.324. The van der Waals surface area contributed by atoms with Gasteiger partial charge in [-0.25, -0.2) is 4.79 Å². The van der Waals surface area contributed by atoms with Crippen molar-refractivity contribution in [3.05, 3.63) is 90.9 Å². The lowest BCUT2D eigenvalue weighted by Crippen LogP contribution is -2.12. The number of carbonyl (C=O) groups excluding carboxylic acids is 1. The van der Waals surface area contributed by atoms with Crippen LogP contribution in [-0.2, 0) is 17.7 Å². The van der Waals surface area contributed by atoms with Gasteiger partial charge in [-0.1, -0.05) is 44.2 Å². The summed E-state index contributed by atoms with van der Waals surface area (Å²) in [6.07, 6.45) is 1.24. The number of esters is 1. The lowest BCUT2D eigenvalue weighted by Gasteiger charge is -2.13. The summed E-state index contributed by atoms with van der Waals surface area (Å²) in [6, 6.07) is 17.2. The van der Waals surface area contributed by atoms with Gasteiger partial charge < -0.3 is 4.74 Å². The van der Waals surface area contributed by atoms with Gasteiger partial charge >= 0.3 is 5.97 Å². The summed E-state index contributed by atoms with van der Waals surface area (Å²) in [5.74, 6) is -0.116. The molecule has 0 saturated carbocycles. The van der Waals surface area contributed by atoms with E-state index in [1.807, 2.05) is 22.9 Å². The van der Waals surface area contributed by atoms with Gasteiger partial charge in [-0.2, -0.15) is 0 Å². The first-order valence-corrected chi connectivity index (χ1v) is 10.8. The third-order valence-corrected chi connectivity index (χ3v) is 5.44. The van der Waals surface area contributed by atoms with Crippen LogP contribution in [0, 0.1) is 3.57 Å². The van der Waals surface area contributed by atoms with Crippen molar-refractivity contribution in [3.8, 4) is 0 Å². The van der Waals surface area contributed by atoms with Crippen LogP contribution in [0.2, 0.25) is 0 Å². The van der Waals surface area contributed by atoms with E-state index in [1.54, 1.807) is 12.1 Å². The summed E-state index contributed by atoms with van der Waals surface area (Å²) in [7, 11) is 0. The van der Waals surface area contributed by atoms with E-state index in [2.05, 4.69) is 65.8 Å². The quantitative estimate of drug-likeness (QED) is 0.274. The van der Waals surface area contributed by atoms with E-state index < -0.39 is 0 Å². The van der Waals surface area contributed by atoms with E-state index in [-0.39, 0.29) is 17.4 Å². The van der Waals surface area contributed by atoms with E-state index in [0.29, 0.717) is 31.6 Å². The van der Waals surface area contributed by atoms with Crippen molar-refractivity contribution in [2.75, 3.05) is 6.61 Å². The van der Waals surface area contributed by atoms with Crippen LogP contribution in [-0.4, -0.2) is 22.4 Å². The van der Waals surface area contributed by atoms with E-state index in [4.69, 9.17) is 4.74 Å². The van der Waals surface area contributed by atoms with Gasteiger partial charge in [0.1, 0.15) is 0 Å². The highest BCUT2D eigenvalue weighted by Crippen LogP contribution is 2.20. The van der Waals surface area contributed by atoms with Gasteiger partial charge in [0.15, 0.2) is 0 Å². The summed E-state index contributed by atoms with van der Waals surface area (Å²) in [5.41, 5.74) is 3.44. The minimum Gasteiger partial charge on any atom is -0.462 e. The molecule has 1 heterocycles. The molecule has 1 N–H and O–H groups in total. The van der Waals surface area contributed by atoms with Gasteiger partial charge in [0.05, 0.1) is 12.2 Å². The Labute approximate surface area is 184 Å². The molecule has 0 amide bonds. The molecule has 2 aromatic carbocycles. The molecule has 0 spiro atoms. The van der Waals surface area contributed by atoms with Crippen molar-refractivity contribution in [1.82, 2.24) is 9.78 Å². The number of H-pyrrole nitrogens is 1. The number of hydrogen-bond acceptors (Lipinski definition) is 3. The molecule has 0 atom stereocenters. The Morgan fingerprint density at radius 3 is 2.45 bits per heavy atom. The largest absolute Gasteiger partial charge is 0.462 e. The zero-order chi connectivity index (χ0) is 20.8. The summed E-state index contributed by atoms with van der Waals surface area (Å²) in [4.78, 5) is 24.6. The van der Waals surface area contributed by atoms with E-state index in [0.717, 1.165) is 16.8 Å². The third kappa shape index (κ3) is 5.59. The Bertz CT molecular complexity index is 1000. The van der Waals surface area contributed by atoms with Crippen LogP contribution < -0.4 is 5.56 Å². The zero-order valence-electron chi connectivity index (χ0n) is 16.7. The summed E-state index contributed by atoms with van der Waals surface area (Å²) < 4.78 is 8.43. The molecule has 5 nitrogen and oxygen atoms in total. The van der Waals surface area contributed by atoms with Crippen LogP contribution >= 0.6 is 22.6 Å². The SMILES string of the molecule is CC(C)c1c(Cc2ccc(I)cc2)c(=O)[nH]n1CCCOC(=O)c1ccccc1. The molecule has 0 radical (unpaired) electrons. The predicted octanol–water partition coefficient (Wildman–Crippen LogP) is 4.74. The second kappa shape index (κ2) is 9.91. The standard InChI is InChI=1S/C23H25IN2O3/c1-16(2)21-20(15-17-9-11-19(24)12-10-17)22(27)25-26(21)13-6-14-29-23(28)18-7-4-3-5-8-18/h3-5,7-12,16H,6,13-15H2,1-2H3,(H,25,27). The van der Waals surface area contributed by atoms with Crippen LogP contribution in [0.3, 0.4) is 0 Å². The highest BCUT2D eigenvalue weighted by molar-refractivity contribution is 14.1. The molecule has 0 unspecified atom stereocenters. The van der Waals surface area contributed by atoms with Crippen molar-refractivity contribution in [2.24, 2.45) is 0 Å². The Morgan fingerprint density at radius 2 is 1.79 bits per heavy atom. The monoisotopic (exact) mass is 504 g/mol. The Balaban J connectivity index is 1.65. The lowest BCUT2D eigenvalue weighted by molar-refractivity contribution is 0.0494. The van der Waals surface area contributed by atoms with Crippen LogP contribution in [0.15, 0.2) is 59.4 Å². The van der Waals surface area contributed by atoms with Gasteiger partial charge in [0.25, 0.3) is 5.56 Å². The van der Waals surface area contributed by atoms with Crippen LogP contribution in [0.1, 0.15) is 53.4 Å². The van der Waals surface area contributed by atoms with Crippen molar-refractivity contribution >= 4 is 28.6 Å². The molecule has 3 aromatic rings. The molecule has 152 valence electrons. The topological polar surface area (TPSA) is 64.1 Å². The van der Waals surface area contributed by atoms with Gasteiger partial charge in [0.2, 0.25) is 0 Å². The highest BCUT2D eigenvalue weighted by atomic mass is 127. The Kier molecular flexibility index (Phi) is 7.30. The average Bonchev–Trinajstić information content (AvgIpc) is 3.02. The number of nitrogens with one attached hydrogen (secondary N) is 1. The van der Waals surface area contributed by atoms with Crippen LogP contribution in [0.25, 0.3) is 0 Å². The van der Waals surface area contributed by atoms with Crippen molar-refractivity contribution < 1.29 is 9.53 Å². The molecule has 0 aliphatic rings. The zero-order valence-corrected chi connectivity index (χ0v) is 18.8. The van der Waals surface area contributed by atoms with Gasteiger partial charge in [-0.05, 0) is 58.3 Å². The summed E-state index contributed by atoms with van der Waals surface area (Å²) >= 11 is 2.27. The number of halogens is 1. The van der Waals surface area contributed by atoms with Crippen LogP contribution in [0.4, 0.5) is 0 Å². The summed E-state index contributed by atoms with van der Waals surface area (Å²) in [5, 5.41) is 2.97. The molecule has 3 rings (SSSR count). The number of rotatable bonds is 8.